The molecule has 2 N–H and O–H groups in total. The number of nitrogens with one attached hydrogen (secondary N) is 1. The van der Waals surface area contributed by atoms with Gasteiger partial charge in [0.15, 0.2) is 5.78 Å². The van der Waals surface area contributed by atoms with Crippen molar-refractivity contribution in [2.45, 2.75) is 25.5 Å². The van der Waals surface area contributed by atoms with Crippen LogP contribution in [0.1, 0.15) is 13.3 Å². The van der Waals surface area contributed by atoms with Crippen LogP contribution in [0, 0.1) is 0 Å². The van der Waals surface area contributed by atoms with E-state index < -0.39 is 18.1 Å². The van der Waals surface area contributed by atoms with Gasteiger partial charge in [-0.3, -0.25) is 9.59 Å². The number of ketones is 1. The predicted octanol–water partition coefficient (Wildman–Crippen LogP) is -0.343. The first-order valence-electron chi connectivity index (χ1n) is 5.78. The van der Waals surface area contributed by atoms with Gasteiger partial charge in [-0.15, -0.1) is 0 Å². The van der Waals surface area contributed by atoms with Gasteiger partial charge in [0, 0.05) is 30.4 Å². The zero-order chi connectivity index (χ0) is 14.4. The largest absolute Gasteiger partial charge is 0.467 e. The number of Topliss-reactive ketones (excluding diaryl/α,β-unsaturated/α-hetero) is 1. The summed E-state index contributed by atoms with van der Waals surface area (Å²) in [5, 5.41) is 11.8. The minimum Gasteiger partial charge on any atom is -0.467 e. The number of hydrogen-bond donors (Lipinski definition) is 2. The Bertz CT molecular complexity index is 407. The first kappa shape index (κ1) is 15.7. The lowest BCUT2D eigenvalue weighted by Crippen LogP contribution is -2.42. The molecule has 7 heteroatoms. The van der Waals surface area contributed by atoms with Gasteiger partial charge in [-0.05, 0) is 6.08 Å². The van der Waals surface area contributed by atoms with E-state index in [1.807, 2.05) is 0 Å². The first-order valence-corrected chi connectivity index (χ1v) is 6.94. The second kappa shape index (κ2) is 7.30. The van der Waals surface area contributed by atoms with E-state index in [-0.39, 0.29) is 18.1 Å². The molecule has 1 rings (SSSR count). The number of ether oxygens (including phenoxy) is 1. The predicted molar refractivity (Wildman–Crippen MR) is 70.7 cm³/mol. The Morgan fingerprint density at radius 1 is 1.63 bits per heavy atom. The molecular formula is C12H17NO5S. The van der Waals surface area contributed by atoms with Crippen molar-refractivity contribution in [2.24, 2.45) is 0 Å². The van der Waals surface area contributed by atoms with E-state index in [1.54, 1.807) is 0 Å². The van der Waals surface area contributed by atoms with Crippen LogP contribution >= 0.6 is 11.8 Å². The number of rotatable bonds is 6. The summed E-state index contributed by atoms with van der Waals surface area (Å²) in [5.74, 6) is -0.193. The minimum atomic E-state index is -0.727. The van der Waals surface area contributed by atoms with E-state index in [0.29, 0.717) is 17.1 Å². The third-order valence-corrected chi connectivity index (χ3v) is 3.64. The molecule has 1 aliphatic rings. The molecule has 1 amide bonds. The second-order valence-corrected chi connectivity index (χ2v) is 5.21. The Morgan fingerprint density at radius 2 is 2.32 bits per heavy atom. The molecule has 0 radical (unpaired) electrons. The SMILES string of the molecule is COC(=O)[C@H](CSCC1=C[C@H](O)CC1=O)NC(C)=O. The molecule has 0 aromatic heterocycles. The summed E-state index contributed by atoms with van der Waals surface area (Å²) >= 11 is 1.33. The van der Waals surface area contributed by atoms with E-state index in [9.17, 15) is 19.5 Å². The highest BCUT2D eigenvalue weighted by Gasteiger charge is 2.24. The Hall–Kier alpha value is -1.34. The average molecular weight is 287 g/mol. The number of esters is 1. The van der Waals surface area contributed by atoms with E-state index in [4.69, 9.17) is 0 Å². The van der Waals surface area contributed by atoms with Crippen LogP contribution in [-0.2, 0) is 19.1 Å². The van der Waals surface area contributed by atoms with Gasteiger partial charge in [0.2, 0.25) is 5.91 Å². The van der Waals surface area contributed by atoms with Gasteiger partial charge >= 0.3 is 5.97 Å². The van der Waals surface area contributed by atoms with Crippen LogP contribution in [0.25, 0.3) is 0 Å². The van der Waals surface area contributed by atoms with Crippen LogP contribution in [0.5, 0.6) is 0 Å². The summed E-state index contributed by atoms with van der Waals surface area (Å²) in [6.07, 6.45) is 0.956. The van der Waals surface area contributed by atoms with Crippen LogP contribution in [0.4, 0.5) is 0 Å². The zero-order valence-electron chi connectivity index (χ0n) is 10.8. The number of thioether (sulfide) groups is 1. The molecule has 0 unspecified atom stereocenters. The van der Waals surface area contributed by atoms with Crippen molar-refractivity contribution >= 4 is 29.4 Å². The van der Waals surface area contributed by atoms with Crippen LogP contribution in [-0.4, -0.2) is 53.5 Å². The van der Waals surface area contributed by atoms with Crippen molar-refractivity contribution in [1.82, 2.24) is 5.32 Å². The molecule has 0 saturated carbocycles. The molecule has 0 fully saturated rings. The fourth-order valence-corrected chi connectivity index (χ4v) is 2.73. The minimum absolute atomic E-state index is 0.0749. The molecule has 0 heterocycles. The number of aliphatic hydroxyl groups excluding tert-OH is 1. The zero-order valence-corrected chi connectivity index (χ0v) is 11.7. The van der Waals surface area contributed by atoms with Gasteiger partial charge in [0.25, 0.3) is 0 Å². The third kappa shape index (κ3) is 5.04. The van der Waals surface area contributed by atoms with Crippen molar-refractivity contribution in [3.63, 3.8) is 0 Å². The summed E-state index contributed by atoms with van der Waals surface area (Å²) in [5.41, 5.74) is 0.559. The first-order chi connectivity index (χ1) is 8.93. The number of carbonyl (C=O) groups excluding carboxylic acids is 3. The third-order valence-electron chi connectivity index (χ3n) is 2.55. The van der Waals surface area contributed by atoms with Crippen molar-refractivity contribution in [1.29, 1.82) is 0 Å². The Balaban J connectivity index is 2.44. The highest BCUT2D eigenvalue weighted by atomic mass is 32.2. The molecule has 0 bridgehead atoms. The van der Waals surface area contributed by atoms with Crippen LogP contribution in [0.2, 0.25) is 0 Å². The van der Waals surface area contributed by atoms with E-state index in [0.717, 1.165) is 0 Å². The number of hydrogen-bond acceptors (Lipinski definition) is 6. The van der Waals surface area contributed by atoms with Gasteiger partial charge in [-0.2, -0.15) is 11.8 Å². The molecular weight excluding hydrogens is 270 g/mol. The molecule has 0 saturated heterocycles. The molecule has 0 aliphatic heterocycles. The van der Waals surface area contributed by atoms with Crippen LogP contribution in [0.3, 0.4) is 0 Å². The highest BCUT2D eigenvalue weighted by molar-refractivity contribution is 7.99. The maximum absolute atomic E-state index is 11.4. The summed E-state index contributed by atoms with van der Waals surface area (Å²) < 4.78 is 4.59. The lowest BCUT2D eigenvalue weighted by molar-refractivity contribution is -0.144. The average Bonchev–Trinajstić information content (AvgIpc) is 2.65. The van der Waals surface area contributed by atoms with Crippen LogP contribution in [0.15, 0.2) is 11.6 Å². The molecule has 0 aromatic carbocycles. The normalized spacial score (nSPS) is 19.8. The Labute approximate surface area is 115 Å². The summed E-state index contributed by atoms with van der Waals surface area (Å²) in [6.45, 7) is 1.32. The van der Waals surface area contributed by atoms with Gasteiger partial charge < -0.3 is 15.2 Å². The monoisotopic (exact) mass is 287 g/mol. The maximum Gasteiger partial charge on any atom is 0.329 e. The topological polar surface area (TPSA) is 92.7 Å². The second-order valence-electron chi connectivity index (χ2n) is 4.18. The van der Waals surface area contributed by atoms with Gasteiger partial charge in [-0.25, -0.2) is 4.79 Å². The van der Waals surface area contributed by atoms with Crippen molar-refractivity contribution in [3.8, 4) is 0 Å². The molecule has 6 nitrogen and oxygen atoms in total. The van der Waals surface area contributed by atoms with E-state index in [2.05, 4.69) is 10.1 Å². The molecule has 1 aliphatic carbocycles. The number of methoxy groups -OCH3 is 1. The van der Waals surface area contributed by atoms with Crippen molar-refractivity contribution < 1.29 is 24.2 Å². The summed E-state index contributed by atoms with van der Waals surface area (Å²) in [7, 11) is 1.25. The summed E-state index contributed by atoms with van der Waals surface area (Å²) in [6, 6.07) is -0.727. The van der Waals surface area contributed by atoms with Crippen molar-refractivity contribution in [3.05, 3.63) is 11.6 Å². The maximum atomic E-state index is 11.4. The van der Waals surface area contributed by atoms with Gasteiger partial charge in [-0.1, -0.05) is 0 Å². The quantitative estimate of drug-likeness (QED) is 0.649. The van der Waals surface area contributed by atoms with E-state index in [1.165, 1.54) is 31.9 Å². The van der Waals surface area contributed by atoms with E-state index >= 15 is 0 Å². The highest BCUT2D eigenvalue weighted by Crippen LogP contribution is 2.19. The lowest BCUT2D eigenvalue weighted by Gasteiger charge is -2.14. The Morgan fingerprint density at radius 3 is 2.79 bits per heavy atom. The summed E-state index contributed by atoms with van der Waals surface area (Å²) in [4.78, 5) is 33.8. The number of aliphatic hydroxyl groups is 1. The standard InChI is InChI=1S/C12H17NO5S/c1-7(14)13-10(12(17)18-2)6-19-5-8-3-9(15)4-11(8)16/h3,9-10,15H,4-6H2,1-2H3,(H,13,14)/t9-,10-/m0/s1. The molecule has 106 valence electrons. The van der Waals surface area contributed by atoms with Gasteiger partial charge in [0.05, 0.1) is 13.2 Å². The fraction of sp³-hybridized carbons (Fsp3) is 0.583. The molecule has 0 spiro atoms. The van der Waals surface area contributed by atoms with Crippen molar-refractivity contribution in [2.75, 3.05) is 18.6 Å². The van der Waals surface area contributed by atoms with Crippen LogP contribution < -0.4 is 5.32 Å². The fourth-order valence-electron chi connectivity index (χ4n) is 1.68. The Kier molecular flexibility index (Phi) is 6.04. The van der Waals surface area contributed by atoms with Gasteiger partial charge in [0.1, 0.15) is 6.04 Å². The number of amides is 1. The smallest absolute Gasteiger partial charge is 0.329 e. The lowest BCUT2D eigenvalue weighted by atomic mass is 10.2. The number of carbonyl (C=O) groups is 3. The molecule has 19 heavy (non-hydrogen) atoms. The molecule has 2 atom stereocenters. The molecule has 0 aromatic rings.